The lowest BCUT2D eigenvalue weighted by molar-refractivity contribution is 0.0937. The highest BCUT2D eigenvalue weighted by Gasteiger charge is 2.23. The highest BCUT2D eigenvalue weighted by molar-refractivity contribution is 7.13. The van der Waals surface area contributed by atoms with E-state index in [1.807, 2.05) is 24.4 Å². The van der Waals surface area contributed by atoms with Crippen LogP contribution in [-0.4, -0.2) is 47.3 Å². The number of ether oxygens (including phenoxy) is 4. The Morgan fingerprint density at radius 2 is 2.15 bits per heavy atom. The second kappa shape index (κ2) is 7.77. The summed E-state index contributed by atoms with van der Waals surface area (Å²) < 4.78 is 22.7. The predicted molar refractivity (Wildman–Crippen MR) is 97.6 cm³/mol. The molecule has 0 bridgehead atoms. The third-order valence-corrected chi connectivity index (χ3v) is 4.67. The highest BCUT2D eigenvalue weighted by atomic mass is 32.1. The van der Waals surface area contributed by atoms with E-state index in [9.17, 15) is 4.79 Å². The molecule has 27 heavy (non-hydrogen) atoms. The normalized spacial score (nSPS) is 12.3. The monoisotopic (exact) mass is 387 g/mol. The number of hydrogen-bond acceptors (Lipinski definition) is 8. The van der Waals surface area contributed by atoms with Crippen molar-refractivity contribution >= 4 is 17.2 Å². The summed E-state index contributed by atoms with van der Waals surface area (Å²) in [6.45, 7) is 3.39. The van der Waals surface area contributed by atoms with E-state index in [-0.39, 0.29) is 18.7 Å². The number of nitrogens with zero attached hydrogens (tertiary/aromatic N) is 3. The molecule has 0 spiro atoms. The topological polar surface area (TPSA) is 84.7 Å². The Bertz CT molecular complexity index is 939. The summed E-state index contributed by atoms with van der Waals surface area (Å²) in [7, 11) is 0. The molecule has 0 aliphatic carbocycles. The third kappa shape index (κ3) is 3.64. The largest absolute Gasteiger partial charge is 0.460 e. The molecule has 0 amide bonds. The Morgan fingerprint density at radius 3 is 2.96 bits per heavy atom. The van der Waals surface area contributed by atoms with Gasteiger partial charge in [0.05, 0.1) is 11.5 Å². The summed E-state index contributed by atoms with van der Waals surface area (Å²) in [5.74, 6) is 1.25. The number of rotatable bonds is 7. The molecule has 0 saturated heterocycles. The van der Waals surface area contributed by atoms with Crippen LogP contribution in [0.1, 0.15) is 17.3 Å². The van der Waals surface area contributed by atoms with Gasteiger partial charge in [-0.05, 0) is 36.6 Å². The van der Waals surface area contributed by atoms with Crippen LogP contribution in [0.4, 0.5) is 0 Å². The molecule has 1 aliphatic rings. The van der Waals surface area contributed by atoms with Crippen molar-refractivity contribution in [1.82, 2.24) is 14.8 Å². The molecular formula is C18H17N3O5S. The quantitative estimate of drug-likeness (QED) is 0.576. The van der Waals surface area contributed by atoms with Crippen LogP contribution >= 0.6 is 11.3 Å². The molecule has 8 nitrogen and oxygen atoms in total. The number of benzene rings is 1. The molecule has 0 radical (unpaired) electrons. The van der Waals surface area contributed by atoms with Crippen LogP contribution in [0.2, 0.25) is 0 Å². The Morgan fingerprint density at radius 1 is 1.26 bits per heavy atom. The number of thiophene rings is 1. The van der Waals surface area contributed by atoms with Crippen LogP contribution in [0.25, 0.3) is 10.7 Å². The highest BCUT2D eigenvalue weighted by Crippen LogP contribution is 2.33. The van der Waals surface area contributed by atoms with Crippen molar-refractivity contribution in [3.05, 3.63) is 41.3 Å². The van der Waals surface area contributed by atoms with Crippen molar-refractivity contribution in [3.8, 4) is 28.2 Å². The van der Waals surface area contributed by atoms with Crippen molar-refractivity contribution in [3.63, 3.8) is 0 Å². The lowest BCUT2D eigenvalue weighted by Gasteiger charge is -2.04. The lowest BCUT2D eigenvalue weighted by Crippen LogP contribution is -2.15. The van der Waals surface area contributed by atoms with Gasteiger partial charge in [0.1, 0.15) is 6.61 Å². The molecule has 4 rings (SSSR count). The van der Waals surface area contributed by atoms with Crippen molar-refractivity contribution in [2.45, 2.75) is 6.92 Å². The standard InChI is InChI=1S/C18H17N3O5S/c1-2-23-7-8-24-18-19-16(15-4-3-9-27-15)21(20-18)17(22)12-5-6-13-14(10-12)26-11-25-13/h3-6,9-10H,2,7-8,11H2,1H3. The minimum Gasteiger partial charge on any atom is -0.460 e. The lowest BCUT2D eigenvalue weighted by atomic mass is 10.2. The summed E-state index contributed by atoms with van der Waals surface area (Å²) in [5, 5.41) is 6.16. The van der Waals surface area contributed by atoms with E-state index in [4.69, 9.17) is 18.9 Å². The number of fused-ring (bicyclic) bond motifs is 1. The molecule has 0 unspecified atom stereocenters. The second-order valence-electron chi connectivity index (χ2n) is 5.53. The first-order valence-corrected chi connectivity index (χ1v) is 9.30. The fraction of sp³-hybridized carbons (Fsp3) is 0.278. The predicted octanol–water partition coefficient (Wildman–Crippen LogP) is 2.84. The fourth-order valence-corrected chi connectivity index (χ4v) is 3.25. The number of hydrogen-bond donors (Lipinski definition) is 0. The Hall–Kier alpha value is -2.91. The first-order valence-electron chi connectivity index (χ1n) is 8.42. The van der Waals surface area contributed by atoms with Crippen LogP contribution in [0.3, 0.4) is 0 Å². The number of carbonyl (C=O) groups excluding carboxylic acids is 1. The first kappa shape index (κ1) is 17.5. The summed E-state index contributed by atoms with van der Waals surface area (Å²) in [4.78, 5) is 18.2. The maximum absolute atomic E-state index is 13.0. The van der Waals surface area contributed by atoms with Crippen molar-refractivity contribution in [1.29, 1.82) is 0 Å². The molecule has 140 valence electrons. The average Bonchev–Trinajstić information content (AvgIpc) is 3.44. The molecular weight excluding hydrogens is 370 g/mol. The maximum Gasteiger partial charge on any atom is 0.336 e. The molecule has 1 aliphatic heterocycles. The molecule has 3 aromatic rings. The molecule has 1 aromatic carbocycles. The van der Waals surface area contributed by atoms with E-state index in [2.05, 4.69) is 10.1 Å². The van der Waals surface area contributed by atoms with Gasteiger partial charge in [0.15, 0.2) is 17.3 Å². The molecule has 0 saturated carbocycles. The van der Waals surface area contributed by atoms with E-state index < -0.39 is 0 Å². The van der Waals surface area contributed by atoms with Gasteiger partial charge in [-0.2, -0.15) is 9.67 Å². The van der Waals surface area contributed by atoms with Gasteiger partial charge in [0.25, 0.3) is 5.91 Å². The van der Waals surface area contributed by atoms with E-state index in [1.54, 1.807) is 18.2 Å². The molecule has 0 atom stereocenters. The minimum absolute atomic E-state index is 0.132. The molecule has 0 fully saturated rings. The molecule has 2 aromatic heterocycles. The van der Waals surface area contributed by atoms with Crippen molar-refractivity contribution < 1.29 is 23.7 Å². The van der Waals surface area contributed by atoms with Crippen LogP contribution in [0.15, 0.2) is 35.7 Å². The van der Waals surface area contributed by atoms with E-state index in [0.29, 0.717) is 42.7 Å². The van der Waals surface area contributed by atoms with Gasteiger partial charge in [-0.1, -0.05) is 6.07 Å². The smallest absolute Gasteiger partial charge is 0.336 e. The minimum atomic E-state index is -0.330. The van der Waals surface area contributed by atoms with Gasteiger partial charge in [0, 0.05) is 12.2 Å². The number of carbonyl (C=O) groups is 1. The van der Waals surface area contributed by atoms with E-state index in [1.165, 1.54) is 16.0 Å². The van der Waals surface area contributed by atoms with Crippen LogP contribution in [-0.2, 0) is 4.74 Å². The Labute approximate surface area is 159 Å². The number of aromatic nitrogens is 3. The van der Waals surface area contributed by atoms with Crippen molar-refractivity contribution in [2.24, 2.45) is 0 Å². The molecule has 0 N–H and O–H groups in total. The van der Waals surface area contributed by atoms with Crippen LogP contribution < -0.4 is 14.2 Å². The Balaban J connectivity index is 1.63. The summed E-state index contributed by atoms with van der Waals surface area (Å²) in [5.41, 5.74) is 0.419. The van der Waals surface area contributed by atoms with Gasteiger partial charge in [-0.25, -0.2) is 0 Å². The maximum atomic E-state index is 13.0. The fourth-order valence-electron chi connectivity index (χ4n) is 2.55. The SMILES string of the molecule is CCOCCOc1nc(-c2cccs2)n(C(=O)c2ccc3c(c2)OCO3)n1. The zero-order valence-electron chi connectivity index (χ0n) is 14.6. The van der Waals surface area contributed by atoms with Gasteiger partial charge in [0.2, 0.25) is 6.79 Å². The zero-order chi connectivity index (χ0) is 18.6. The molecule has 3 heterocycles. The van der Waals surface area contributed by atoms with Gasteiger partial charge < -0.3 is 18.9 Å². The average molecular weight is 387 g/mol. The Kier molecular flexibility index (Phi) is 5.03. The van der Waals surface area contributed by atoms with Gasteiger partial charge in [-0.3, -0.25) is 4.79 Å². The van der Waals surface area contributed by atoms with Gasteiger partial charge in [-0.15, -0.1) is 16.4 Å². The summed E-state index contributed by atoms with van der Waals surface area (Å²) >= 11 is 1.47. The zero-order valence-corrected chi connectivity index (χ0v) is 15.4. The first-order chi connectivity index (χ1) is 13.3. The van der Waals surface area contributed by atoms with E-state index >= 15 is 0 Å². The third-order valence-electron chi connectivity index (χ3n) is 3.80. The molecule has 9 heteroatoms. The van der Waals surface area contributed by atoms with Crippen LogP contribution in [0, 0.1) is 0 Å². The van der Waals surface area contributed by atoms with Crippen LogP contribution in [0.5, 0.6) is 17.5 Å². The van der Waals surface area contributed by atoms with E-state index in [0.717, 1.165) is 4.88 Å². The van der Waals surface area contributed by atoms with Crippen molar-refractivity contribution in [2.75, 3.05) is 26.6 Å². The van der Waals surface area contributed by atoms with Gasteiger partial charge >= 0.3 is 6.01 Å². The summed E-state index contributed by atoms with van der Waals surface area (Å²) in [6, 6.07) is 8.91. The summed E-state index contributed by atoms with van der Waals surface area (Å²) in [6.07, 6.45) is 0. The second-order valence-corrected chi connectivity index (χ2v) is 6.47.